The van der Waals surface area contributed by atoms with Crippen molar-refractivity contribution in [2.75, 3.05) is 0 Å². The molecular formula is C39H78N6Si6Th. The van der Waals surface area contributed by atoms with E-state index in [-0.39, 0.29) is 45.6 Å². The zero-order valence-corrected chi connectivity index (χ0v) is 48.3. The van der Waals surface area contributed by atoms with Crippen LogP contribution >= 0.6 is 0 Å². The Morgan fingerprint density at radius 3 is 0.692 bits per heavy atom. The van der Waals surface area contributed by atoms with Gasteiger partial charge in [-0.15, -0.1) is 0 Å². The average Bonchev–Trinajstić information content (AvgIpc) is 3.12. The normalized spacial score (nSPS) is 12.4. The standard InChI is InChI=1S/C21H24N3.3C6H18NSi2.Th/c1-13-9-15(3)19(16(4)10-13)23-7-8-24(21(23)22)20-17(5)11-14(2)12-18(20)6;3*1-8(2,3)7-9(4,5)6;/h7-12H,1-6H3;3*1-6H3;/q4*-1;+4. The molecule has 1 aromatic heterocycles. The van der Waals surface area contributed by atoms with Crippen molar-refractivity contribution in [3.05, 3.63) is 95.0 Å². The van der Waals surface area contributed by atoms with Crippen LogP contribution in [0.4, 0.5) is 0 Å². The number of rotatable bonds is 8. The van der Waals surface area contributed by atoms with E-state index in [1.165, 1.54) is 11.1 Å². The first-order valence-corrected chi connectivity index (χ1v) is 39.3. The summed E-state index contributed by atoms with van der Waals surface area (Å²) < 4.78 is 18.2. The predicted octanol–water partition coefficient (Wildman–Crippen LogP) is 13.7. The number of hydrogen-bond acceptors (Lipinski definition) is 0. The van der Waals surface area contributed by atoms with E-state index in [4.69, 9.17) is 13.9 Å². The average molecular weight is 1030 g/mol. The summed E-state index contributed by atoms with van der Waals surface area (Å²) in [6, 6.07) is 8.59. The van der Waals surface area contributed by atoms with Crippen LogP contribution in [0.1, 0.15) is 33.4 Å². The molecule has 0 atom stereocenters. The molecule has 0 radical (unpaired) electrons. The smallest absolute Gasteiger partial charge is 0.668 e. The molecule has 0 N–H and O–H groups in total. The minimum absolute atomic E-state index is 0. The van der Waals surface area contributed by atoms with Crippen molar-refractivity contribution in [3.63, 3.8) is 0 Å². The fraction of sp³-hybridized carbons (Fsp3) is 0.615. The molecule has 2 aromatic carbocycles. The number of imidazole rings is 1. The van der Waals surface area contributed by atoms with Crippen LogP contribution in [0.5, 0.6) is 0 Å². The van der Waals surface area contributed by atoms with Gasteiger partial charge < -0.3 is 28.5 Å². The summed E-state index contributed by atoms with van der Waals surface area (Å²) in [5.74, 6) is 0. The van der Waals surface area contributed by atoms with Crippen molar-refractivity contribution in [3.8, 4) is 11.4 Å². The third-order valence-corrected chi connectivity index (χ3v) is 22.7. The minimum atomic E-state index is -1.11. The van der Waals surface area contributed by atoms with Gasteiger partial charge in [0.05, 0.1) is 0 Å². The quantitative estimate of drug-likeness (QED) is 0.202. The molecule has 0 aliphatic heterocycles. The molecule has 0 saturated heterocycles. The Bertz CT molecular complexity index is 1390. The van der Waals surface area contributed by atoms with Crippen molar-refractivity contribution in [1.82, 2.24) is 9.13 Å². The van der Waals surface area contributed by atoms with Gasteiger partial charge >= 0.3 is 39.9 Å². The molecule has 0 fully saturated rings. The summed E-state index contributed by atoms with van der Waals surface area (Å²) in [6.07, 6.45) is 3.86. The molecule has 0 aliphatic carbocycles. The third kappa shape index (κ3) is 23.8. The van der Waals surface area contributed by atoms with Crippen molar-refractivity contribution in [2.45, 2.75) is 159 Å². The Labute approximate surface area is 360 Å². The van der Waals surface area contributed by atoms with E-state index < -0.39 is 49.4 Å². The van der Waals surface area contributed by atoms with E-state index in [2.05, 4.69) is 184 Å². The van der Waals surface area contributed by atoms with Gasteiger partial charge in [-0.1, -0.05) is 203 Å². The third-order valence-electron chi connectivity index (χ3n) is 6.56. The molecule has 52 heavy (non-hydrogen) atoms. The van der Waals surface area contributed by atoms with Gasteiger partial charge in [-0.25, -0.2) is 0 Å². The number of benzene rings is 2. The van der Waals surface area contributed by atoms with Gasteiger partial charge in [0.2, 0.25) is 0 Å². The minimum Gasteiger partial charge on any atom is -0.668 e. The zero-order valence-electron chi connectivity index (χ0n) is 38.1. The van der Waals surface area contributed by atoms with E-state index in [0.717, 1.165) is 33.6 Å². The van der Waals surface area contributed by atoms with E-state index >= 15 is 0 Å². The van der Waals surface area contributed by atoms with Crippen LogP contribution in [-0.4, -0.2) is 58.5 Å². The molecule has 0 amide bonds. The monoisotopic (exact) mass is 1030 g/mol. The van der Waals surface area contributed by atoms with Crippen molar-refractivity contribution >= 4 is 49.4 Å². The second-order valence-electron chi connectivity index (χ2n) is 20.2. The van der Waals surface area contributed by atoms with E-state index in [1.807, 2.05) is 21.5 Å². The Morgan fingerprint density at radius 1 is 0.385 bits per heavy atom. The summed E-state index contributed by atoms with van der Waals surface area (Å²) in [6.45, 7) is 53.9. The molecule has 0 bridgehead atoms. The van der Waals surface area contributed by atoms with Crippen LogP contribution in [0.15, 0.2) is 36.7 Å². The van der Waals surface area contributed by atoms with Gasteiger partial charge in [0.25, 0.3) is 0 Å². The van der Waals surface area contributed by atoms with E-state index in [9.17, 15) is 5.41 Å². The molecule has 0 aliphatic rings. The van der Waals surface area contributed by atoms with Gasteiger partial charge in [0, 0.05) is 5.62 Å². The fourth-order valence-corrected chi connectivity index (χ4v) is 31.0. The van der Waals surface area contributed by atoms with Crippen LogP contribution in [0.25, 0.3) is 30.7 Å². The Kier molecular flexibility index (Phi) is 21.8. The van der Waals surface area contributed by atoms with E-state index in [1.54, 1.807) is 0 Å². The van der Waals surface area contributed by atoms with E-state index in [0.29, 0.717) is 0 Å². The fourth-order valence-electron chi connectivity index (χ4n) is 6.86. The largest absolute Gasteiger partial charge is 4.00 e. The van der Waals surface area contributed by atoms with Crippen LogP contribution in [0, 0.1) is 81.5 Å². The van der Waals surface area contributed by atoms with Crippen LogP contribution in [-0.2, 0) is 0 Å². The van der Waals surface area contributed by atoms with Gasteiger partial charge in [-0.05, 0) is 87.6 Å². The van der Waals surface area contributed by atoms with Crippen LogP contribution < -0.4 is 5.62 Å². The Balaban J connectivity index is 0. The molecule has 0 unspecified atom stereocenters. The first-order chi connectivity index (χ1) is 22.4. The number of hydrogen-bond donors (Lipinski definition) is 0. The number of aromatic nitrogens is 2. The van der Waals surface area contributed by atoms with Gasteiger partial charge in [0.1, 0.15) is 0 Å². The second kappa shape index (κ2) is 20.9. The molecular weight excluding hydrogens is 953 g/mol. The molecule has 0 spiro atoms. The van der Waals surface area contributed by atoms with Crippen LogP contribution in [0.2, 0.25) is 118 Å². The van der Waals surface area contributed by atoms with Crippen LogP contribution in [0.3, 0.4) is 0 Å². The maximum absolute atomic E-state index is 10.9. The molecule has 0 saturated carbocycles. The maximum atomic E-state index is 10.9. The molecule has 6 nitrogen and oxygen atoms in total. The van der Waals surface area contributed by atoms with Crippen molar-refractivity contribution < 1.29 is 39.9 Å². The van der Waals surface area contributed by atoms with Gasteiger partial charge in [0.15, 0.2) is 0 Å². The predicted molar refractivity (Wildman–Crippen MR) is 250 cm³/mol. The summed E-state index contributed by atoms with van der Waals surface area (Å²) in [4.78, 5) is 0. The molecule has 292 valence electrons. The van der Waals surface area contributed by atoms with Crippen molar-refractivity contribution in [1.29, 1.82) is 0 Å². The summed E-state index contributed by atoms with van der Waals surface area (Å²) >= 11 is 0. The summed E-state index contributed by atoms with van der Waals surface area (Å²) in [5, 5.41) is 10.9. The number of aryl methyl sites for hydroxylation is 6. The second-order valence-corrected chi connectivity index (χ2v) is 48.9. The van der Waals surface area contributed by atoms with Gasteiger partial charge in [-0.3, -0.25) is 0 Å². The SMILES string of the molecule is C[Si](C)(C)[N-][Si](C)(C)C.C[Si](C)(C)[N-][Si](C)(C)C.C[Si](C)(C)[N-][Si](C)(C)C.Cc1cc(C)c(-n2ccn(-c3c(C)cc(C)cc3C)c2=[N-])c(C)c1.[Th+4]. The topological polar surface area (TPSA) is 74.5 Å². The van der Waals surface area contributed by atoms with Crippen molar-refractivity contribution in [2.24, 2.45) is 0 Å². The van der Waals surface area contributed by atoms with Gasteiger partial charge in [-0.2, -0.15) is 0 Å². The summed E-state index contributed by atoms with van der Waals surface area (Å²) in [5.41, 5.74) is 9.40. The first-order valence-electron chi connectivity index (χ1n) is 18.6. The molecule has 3 rings (SSSR count). The molecule has 13 heteroatoms. The maximum Gasteiger partial charge on any atom is 4.00 e. The number of nitrogens with zero attached hydrogens (tertiary/aromatic N) is 6. The molecule has 1 heterocycles. The summed E-state index contributed by atoms with van der Waals surface area (Å²) in [7, 11) is -6.64. The first kappa shape index (κ1) is 54.1. The Hall–Kier alpha value is -0.0440. The molecule has 3 aromatic rings. The zero-order chi connectivity index (χ0) is 40.7. The Morgan fingerprint density at radius 2 is 0.558 bits per heavy atom.